The third kappa shape index (κ3) is 4.37. The minimum absolute atomic E-state index is 0.172. The van der Waals surface area contributed by atoms with E-state index in [4.69, 9.17) is 4.74 Å². The van der Waals surface area contributed by atoms with E-state index in [1.165, 1.54) is 17.7 Å². The lowest BCUT2D eigenvalue weighted by atomic mass is 10.1. The number of hydrogen-bond donors (Lipinski definition) is 1. The maximum absolute atomic E-state index is 12.8. The van der Waals surface area contributed by atoms with Gasteiger partial charge >= 0.3 is 0 Å². The van der Waals surface area contributed by atoms with E-state index in [1.54, 1.807) is 0 Å². The number of morpholine rings is 1. The van der Waals surface area contributed by atoms with Gasteiger partial charge in [0.25, 0.3) is 0 Å². The molecule has 0 bridgehead atoms. The smallest absolute Gasteiger partial charge is 0.123 e. The lowest BCUT2D eigenvalue weighted by Gasteiger charge is -2.28. The standard InChI is InChI=1S/C14H21FN2O/c1-17(11-14-10-16-7-9-18-14)8-6-12-2-4-13(15)5-3-12/h2-5,14,16H,6-11H2,1H3. The van der Waals surface area contributed by atoms with Gasteiger partial charge in [-0.2, -0.15) is 0 Å². The zero-order valence-electron chi connectivity index (χ0n) is 10.9. The van der Waals surface area contributed by atoms with Crippen molar-refractivity contribution in [2.75, 3.05) is 39.8 Å². The Labute approximate surface area is 108 Å². The highest BCUT2D eigenvalue weighted by Crippen LogP contribution is 2.05. The Balaban J connectivity index is 1.70. The van der Waals surface area contributed by atoms with Gasteiger partial charge < -0.3 is 15.0 Å². The van der Waals surface area contributed by atoms with Gasteiger partial charge in [0.15, 0.2) is 0 Å². The van der Waals surface area contributed by atoms with Crippen LogP contribution in [0.15, 0.2) is 24.3 Å². The first kappa shape index (κ1) is 13.5. The molecule has 1 aromatic rings. The first-order chi connectivity index (χ1) is 8.74. The fourth-order valence-corrected chi connectivity index (χ4v) is 2.15. The van der Waals surface area contributed by atoms with Crippen LogP contribution in [0.4, 0.5) is 4.39 Å². The molecule has 0 aromatic heterocycles. The van der Waals surface area contributed by atoms with Crippen molar-refractivity contribution >= 4 is 0 Å². The summed E-state index contributed by atoms with van der Waals surface area (Å²) in [7, 11) is 2.10. The van der Waals surface area contributed by atoms with E-state index in [2.05, 4.69) is 17.3 Å². The Hall–Kier alpha value is -0.970. The molecule has 1 N–H and O–H groups in total. The zero-order valence-corrected chi connectivity index (χ0v) is 10.9. The normalized spacial score (nSPS) is 20.3. The summed E-state index contributed by atoms with van der Waals surface area (Å²) >= 11 is 0. The van der Waals surface area contributed by atoms with E-state index in [9.17, 15) is 4.39 Å². The maximum atomic E-state index is 12.8. The molecule has 3 nitrogen and oxygen atoms in total. The minimum atomic E-state index is -0.172. The Kier molecular flexibility index (Phi) is 5.11. The molecule has 4 heteroatoms. The molecule has 0 radical (unpaired) electrons. The van der Waals surface area contributed by atoms with Gasteiger partial charge in [0.2, 0.25) is 0 Å². The van der Waals surface area contributed by atoms with Crippen molar-refractivity contribution in [3.63, 3.8) is 0 Å². The second-order valence-electron chi connectivity index (χ2n) is 4.84. The molecule has 1 aromatic carbocycles. The molecular formula is C14H21FN2O. The molecule has 0 aliphatic carbocycles. The maximum Gasteiger partial charge on any atom is 0.123 e. The van der Waals surface area contributed by atoms with Crippen LogP contribution < -0.4 is 5.32 Å². The van der Waals surface area contributed by atoms with Crippen LogP contribution in [0.5, 0.6) is 0 Å². The Morgan fingerprint density at radius 3 is 2.83 bits per heavy atom. The topological polar surface area (TPSA) is 24.5 Å². The monoisotopic (exact) mass is 252 g/mol. The molecule has 1 aliphatic heterocycles. The van der Waals surface area contributed by atoms with E-state index in [0.717, 1.165) is 39.2 Å². The van der Waals surface area contributed by atoms with Crippen molar-refractivity contribution in [2.24, 2.45) is 0 Å². The number of rotatable bonds is 5. The largest absolute Gasteiger partial charge is 0.374 e. The number of nitrogens with one attached hydrogen (secondary N) is 1. The molecule has 100 valence electrons. The number of likely N-dealkylation sites (N-methyl/N-ethyl adjacent to an activating group) is 1. The van der Waals surface area contributed by atoms with Crippen molar-refractivity contribution in [3.05, 3.63) is 35.6 Å². The van der Waals surface area contributed by atoms with Crippen molar-refractivity contribution in [1.29, 1.82) is 0 Å². The van der Waals surface area contributed by atoms with Crippen molar-refractivity contribution in [2.45, 2.75) is 12.5 Å². The molecule has 1 unspecified atom stereocenters. The van der Waals surface area contributed by atoms with Crippen LogP contribution >= 0.6 is 0 Å². The van der Waals surface area contributed by atoms with E-state index in [-0.39, 0.29) is 11.9 Å². The highest BCUT2D eigenvalue weighted by molar-refractivity contribution is 5.16. The number of ether oxygens (including phenoxy) is 1. The van der Waals surface area contributed by atoms with Crippen LogP contribution in [0.3, 0.4) is 0 Å². The van der Waals surface area contributed by atoms with Gasteiger partial charge in [-0.3, -0.25) is 0 Å². The molecule has 0 spiro atoms. The summed E-state index contributed by atoms with van der Waals surface area (Å²) in [4.78, 5) is 2.26. The van der Waals surface area contributed by atoms with E-state index < -0.39 is 0 Å². The SMILES string of the molecule is CN(CCc1ccc(F)cc1)CC1CNCCO1. The minimum Gasteiger partial charge on any atom is -0.374 e. The van der Waals surface area contributed by atoms with Crippen molar-refractivity contribution in [3.8, 4) is 0 Å². The first-order valence-electron chi connectivity index (χ1n) is 6.49. The van der Waals surface area contributed by atoms with Crippen LogP contribution in [0.2, 0.25) is 0 Å². The van der Waals surface area contributed by atoms with Gasteiger partial charge in [0, 0.05) is 26.2 Å². The Morgan fingerprint density at radius 1 is 1.39 bits per heavy atom. The summed E-state index contributed by atoms with van der Waals surface area (Å²) in [5.74, 6) is -0.172. The highest BCUT2D eigenvalue weighted by Gasteiger charge is 2.15. The Bertz CT molecular complexity index is 349. The quantitative estimate of drug-likeness (QED) is 0.854. The number of benzene rings is 1. The molecular weight excluding hydrogens is 231 g/mol. The van der Waals surface area contributed by atoms with Gasteiger partial charge in [0.1, 0.15) is 5.82 Å². The number of nitrogens with zero attached hydrogens (tertiary/aromatic N) is 1. The second kappa shape index (κ2) is 6.83. The summed E-state index contributed by atoms with van der Waals surface area (Å²) in [6.07, 6.45) is 1.23. The molecule has 0 amide bonds. The average Bonchev–Trinajstić information content (AvgIpc) is 2.39. The van der Waals surface area contributed by atoms with Crippen LogP contribution in [-0.2, 0) is 11.2 Å². The first-order valence-corrected chi connectivity index (χ1v) is 6.49. The van der Waals surface area contributed by atoms with E-state index >= 15 is 0 Å². The van der Waals surface area contributed by atoms with Gasteiger partial charge in [-0.15, -0.1) is 0 Å². The number of halogens is 1. The van der Waals surface area contributed by atoms with Crippen LogP contribution in [0.25, 0.3) is 0 Å². The van der Waals surface area contributed by atoms with Gasteiger partial charge in [0.05, 0.1) is 12.7 Å². The summed E-state index contributed by atoms with van der Waals surface area (Å²) in [5.41, 5.74) is 1.17. The third-order valence-electron chi connectivity index (χ3n) is 3.22. The molecule has 1 aliphatic rings. The van der Waals surface area contributed by atoms with Gasteiger partial charge in [-0.1, -0.05) is 12.1 Å². The predicted molar refractivity (Wildman–Crippen MR) is 70.2 cm³/mol. The second-order valence-corrected chi connectivity index (χ2v) is 4.84. The fourth-order valence-electron chi connectivity index (χ4n) is 2.15. The van der Waals surface area contributed by atoms with E-state index in [1.807, 2.05) is 12.1 Å². The van der Waals surface area contributed by atoms with Crippen LogP contribution in [-0.4, -0.2) is 50.8 Å². The lowest BCUT2D eigenvalue weighted by Crippen LogP contribution is -2.44. The van der Waals surface area contributed by atoms with Crippen LogP contribution in [0.1, 0.15) is 5.56 Å². The van der Waals surface area contributed by atoms with Gasteiger partial charge in [-0.05, 0) is 31.2 Å². The highest BCUT2D eigenvalue weighted by atomic mass is 19.1. The predicted octanol–water partition coefficient (Wildman–Crippen LogP) is 1.29. The Morgan fingerprint density at radius 2 is 2.17 bits per heavy atom. The molecule has 1 fully saturated rings. The summed E-state index contributed by atoms with van der Waals surface area (Å²) < 4.78 is 18.4. The molecule has 18 heavy (non-hydrogen) atoms. The summed E-state index contributed by atoms with van der Waals surface area (Å²) in [6.45, 7) is 4.59. The lowest BCUT2D eigenvalue weighted by molar-refractivity contribution is 0.0103. The molecule has 2 rings (SSSR count). The van der Waals surface area contributed by atoms with Crippen molar-refractivity contribution < 1.29 is 9.13 Å². The molecule has 1 heterocycles. The summed E-state index contributed by atoms with van der Waals surface area (Å²) in [6, 6.07) is 6.73. The summed E-state index contributed by atoms with van der Waals surface area (Å²) in [5, 5.41) is 3.33. The van der Waals surface area contributed by atoms with Crippen molar-refractivity contribution in [1.82, 2.24) is 10.2 Å². The molecule has 1 saturated heterocycles. The third-order valence-corrected chi connectivity index (χ3v) is 3.22. The van der Waals surface area contributed by atoms with Crippen LogP contribution in [0, 0.1) is 5.82 Å². The fraction of sp³-hybridized carbons (Fsp3) is 0.571. The average molecular weight is 252 g/mol. The van der Waals surface area contributed by atoms with Gasteiger partial charge in [-0.25, -0.2) is 4.39 Å². The number of hydrogen-bond acceptors (Lipinski definition) is 3. The molecule has 0 saturated carbocycles. The molecule has 1 atom stereocenters. The van der Waals surface area contributed by atoms with E-state index in [0.29, 0.717) is 0 Å². The zero-order chi connectivity index (χ0) is 12.8.